The summed E-state index contributed by atoms with van der Waals surface area (Å²) in [6.45, 7) is 7.02. The Hall–Kier alpha value is -2.86. The summed E-state index contributed by atoms with van der Waals surface area (Å²) < 4.78 is 16.4. The Balaban J connectivity index is 1.50. The smallest absolute Gasteiger partial charge is 0.338 e. The Bertz CT molecular complexity index is 870. The number of hydrogen-bond acceptors (Lipinski definition) is 5. The van der Waals surface area contributed by atoms with Crippen molar-refractivity contribution in [3.63, 3.8) is 0 Å². The van der Waals surface area contributed by atoms with Crippen LogP contribution in [-0.2, 0) is 14.3 Å². The number of ether oxygens (including phenoxy) is 3. The summed E-state index contributed by atoms with van der Waals surface area (Å²) in [5, 5.41) is 2.87. The van der Waals surface area contributed by atoms with Crippen molar-refractivity contribution in [1.29, 1.82) is 0 Å². The van der Waals surface area contributed by atoms with Crippen molar-refractivity contribution in [2.24, 2.45) is 0 Å². The number of amides is 1. The number of benzene rings is 2. The third kappa shape index (κ3) is 5.83. The maximum absolute atomic E-state index is 12.3. The Labute approximate surface area is 177 Å². The third-order valence-corrected chi connectivity index (χ3v) is 5.08. The minimum atomic E-state index is -0.551. The zero-order valence-corrected chi connectivity index (χ0v) is 17.8. The first kappa shape index (κ1) is 21.8. The molecule has 1 heterocycles. The lowest BCUT2D eigenvalue weighted by Crippen LogP contribution is -2.22. The SMILES string of the molecule is Cc1cccc(C(C)C)c1NC(=O)COC(=O)c1ccc(OCC2CCCO2)cc1. The van der Waals surface area contributed by atoms with Gasteiger partial charge in [0.25, 0.3) is 5.91 Å². The number of carbonyl (C=O) groups excluding carboxylic acids is 2. The maximum Gasteiger partial charge on any atom is 0.338 e. The maximum atomic E-state index is 12.3. The van der Waals surface area contributed by atoms with E-state index in [9.17, 15) is 9.59 Å². The molecule has 160 valence electrons. The summed E-state index contributed by atoms with van der Waals surface area (Å²) in [6, 6.07) is 12.6. The molecular weight excluding hydrogens is 382 g/mol. The molecule has 1 aliphatic heterocycles. The molecule has 1 saturated heterocycles. The van der Waals surface area contributed by atoms with Crippen LogP contribution in [-0.4, -0.2) is 37.8 Å². The molecule has 1 amide bonds. The zero-order chi connectivity index (χ0) is 21.5. The van der Waals surface area contributed by atoms with Crippen LogP contribution in [0, 0.1) is 6.92 Å². The van der Waals surface area contributed by atoms with E-state index in [4.69, 9.17) is 14.2 Å². The average Bonchev–Trinajstić information content (AvgIpc) is 3.26. The van der Waals surface area contributed by atoms with Gasteiger partial charge in [0, 0.05) is 12.3 Å². The number of anilines is 1. The van der Waals surface area contributed by atoms with Crippen molar-refractivity contribution in [3.05, 3.63) is 59.2 Å². The average molecular weight is 411 g/mol. The highest BCUT2D eigenvalue weighted by Gasteiger charge is 2.17. The van der Waals surface area contributed by atoms with E-state index in [0.29, 0.717) is 17.9 Å². The van der Waals surface area contributed by atoms with Gasteiger partial charge >= 0.3 is 5.97 Å². The molecule has 1 N–H and O–H groups in total. The van der Waals surface area contributed by atoms with Gasteiger partial charge in [-0.1, -0.05) is 32.0 Å². The summed E-state index contributed by atoms with van der Waals surface area (Å²) >= 11 is 0. The second kappa shape index (κ2) is 10.3. The van der Waals surface area contributed by atoms with Crippen LogP contribution in [0.2, 0.25) is 0 Å². The van der Waals surface area contributed by atoms with E-state index in [2.05, 4.69) is 19.2 Å². The lowest BCUT2D eigenvalue weighted by molar-refractivity contribution is -0.119. The minimum Gasteiger partial charge on any atom is -0.491 e. The van der Waals surface area contributed by atoms with Crippen molar-refractivity contribution in [3.8, 4) is 5.75 Å². The Morgan fingerprint density at radius 1 is 1.17 bits per heavy atom. The van der Waals surface area contributed by atoms with Gasteiger partial charge in [-0.2, -0.15) is 0 Å². The van der Waals surface area contributed by atoms with Crippen molar-refractivity contribution in [2.45, 2.75) is 45.6 Å². The number of nitrogens with one attached hydrogen (secondary N) is 1. The van der Waals surface area contributed by atoms with Gasteiger partial charge in [0.1, 0.15) is 12.4 Å². The predicted octanol–water partition coefficient (Wildman–Crippen LogP) is 4.47. The number of carbonyl (C=O) groups is 2. The molecule has 2 aromatic carbocycles. The van der Waals surface area contributed by atoms with Gasteiger partial charge in [-0.25, -0.2) is 4.79 Å². The first-order valence-corrected chi connectivity index (χ1v) is 10.3. The highest BCUT2D eigenvalue weighted by Crippen LogP contribution is 2.27. The summed E-state index contributed by atoms with van der Waals surface area (Å²) in [7, 11) is 0. The van der Waals surface area contributed by atoms with Crippen LogP contribution in [0.15, 0.2) is 42.5 Å². The van der Waals surface area contributed by atoms with Gasteiger partial charge in [-0.05, 0) is 61.1 Å². The number of aryl methyl sites for hydroxylation is 1. The van der Waals surface area contributed by atoms with Crippen LogP contribution in [0.5, 0.6) is 5.75 Å². The second-order valence-corrected chi connectivity index (χ2v) is 7.79. The molecule has 1 fully saturated rings. The largest absolute Gasteiger partial charge is 0.491 e. The molecule has 30 heavy (non-hydrogen) atoms. The van der Waals surface area contributed by atoms with E-state index in [0.717, 1.165) is 36.3 Å². The first-order valence-electron chi connectivity index (χ1n) is 10.3. The van der Waals surface area contributed by atoms with Crippen LogP contribution < -0.4 is 10.1 Å². The molecule has 6 heteroatoms. The molecule has 3 rings (SSSR count). The Kier molecular flexibility index (Phi) is 7.46. The van der Waals surface area contributed by atoms with Gasteiger partial charge < -0.3 is 19.5 Å². The molecule has 6 nitrogen and oxygen atoms in total. The molecule has 2 aromatic rings. The van der Waals surface area contributed by atoms with E-state index < -0.39 is 5.97 Å². The molecular formula is C24H29NO5. The fraction of sp³-hybridized carbons (Fsp3) is 0.417. The summed E-state index contributed by atoms with van der Waals surface area (Å²) in [5.74, 6) is 0.0186. The fourth-order valence-corrected chi connectivity index (χ4v) is 3.38. The van der Waals surface area contributed by atoms with Gasteiger partial charge in [0.2, 0.25) is 0 Å². The Morgan fingerprint density at radius 3 is 2.60 bits per heavy atom. The normalized spacial score (nSPS) is 15.8. The molecule has 0 aliphatic carbocycles. The van der Waals surface area contributed by atoms with Gasteiger partial charge in [-0.15, -0.1) is 0 Å². The highest BCUT2D eigenvalue weighted by atomic mass is 16.5. The molecule has 0 aromatic heterocycles. The molecule has 0 bridgehead atoms. The van der Waals surface area contributed by atoms with Crippen molar-refractivity contribution >= 4 is 17.6 Å². The lowest BCUT2D eigenvalue weighted by Gasteiger charge is -2.16. The molecule has 1 aliphatic rings. The van der Waals surface area contributed by atoms with Crippen LogP contribution >= 0.6 is 0 Å². The van der Waals surface area contributed by atoms with Gasteiger partial charge in [0.05, 0.1) is 11.7 Å². The number of para-hydroxylation sites is 1. The zero-order valence-electron chi connectivity index (χ0n) is 17.8. The summed E-state index contributed by atoms with van der Waals surface area (Å²) in [5.41, 5.74) is 3.17. The lowest BCUT2D eigenvalue weighted by atomic mass is 9.98. The van der Waals surface area contributed by atoms with Crippen LogP contribution in [0.1, 0.15) is 54.1 Å². The summed E-state index contributed by atoms with van der Waals surface area (Å²) in [4.78, 5) is 24.6. The minimum absolute atomic E-state index is 0.137. The topological polar surface area (TPSA) is 73.9 Å². The van der Waals surface area contributed by atoms with Crippen LogP contribution in [0.25, 0.3) is 0 Å². The van der Waals surface area contributed by atoms with Gasteiger partial charge in [0.15, 0.2) is 6.61 Å². The third-order valence-electron chi connectivity index (χ3n) is 5.08. The first-order chi connectivity index (χ1) is 14.4. The van der Waals surface area contributed by atoms with Crippen molar-refractivity contribution in [2.75, 3.05) is 25.1 Å². The van der Waals surface area contributed by atoms with E-state index in [1.165, 1.54) is 0 Å². The fourth-order valence-electron chi connectivity index (χ4n) is 3.38. The van der Waals surface area contributed by atoms with Gasteiger partial charge in [-0.3, -0.25) is 4.79 Å². The highest BCUT2D eigenvalue weighted by molar-refractivity contribution is 5.96. The van der Waals surface area contributed by atoms with Crippen LogP contribution in [0.3, 0.4) is 0 Å². The predicted molar refractivity (Wildman–Crippen MR) is 115 cm³/mol. The second-order valence-electron chi connectivity index (χ2n) is 7.79. The molecule has 1 atom stereocenters. The van der Waals surface area contributed by atoms with E-state index in [-0.39, 0.29) is 24.5 Å². The molecule has 1 unspecified atom stereocenters. The van der Waals surface area contributed by atoms with E-state index >= 15 is 0 Å². The van der Waals surface area contributed by atoms with Crippen LogP contribution in [0.4, 0.5) is 5.69 Å². The van der Waals surface area contributed by atoms with Crippen molar-refractivity contribution < 1.29 is 23.8 Å². The quantitative estimate of drug-likeness (QED) is 0.649. The molecule has 0 radical (unpaired) electrons. The number of esters is 1. The Morgan fingerprint density at radius 2 is 1.93 bits per heavy atom. The molecule has 0 spiro atoms. The van der Waals surface area contributed by atoms with Crippen molar-refractivity contribution in [1.82, 2.24) is 0 Å². The van der Waals surface area contributed by atoms with E-state index in [1.54, 1.807) is 24.3 Å². The molecule has 0 saturated carbocycles. The number of hydrogen-bond donors (Lipinski definition) is 1. The monoisotopic (exact) mass is 411 g/mol. The summed E-state index contributed by atoms with van der Waals surface area (Å²) in [6.07, 6.45) is 2.21. The number of rotatable bonds is 8. The van der Waals surface area contributed by atoms with E-state index in [1.807, 2.05) is 25.1 Å². The standard InChI is InChI=1S/C24H29NO5/c1-16(2)21-8-4-6-17(3)23(21)25-22(26)15-30-24(27)18-9-11-19(12-10-18)29-14-20-7-5-13-28-20/h4,6,8-12,16,20H,5,7,13-15H2,1-3H3,(H,25,26).